The number of halogens is 3. The van der Waals surface area contributed by atoms with Crippen LogP contribution < -0.4 is 0 Å². The number of alkyl halides is 3. The SMILES string of the molecule is O=S(=O)([O-])C(F)(F)F.[Ho]. The molecule has 0 aliphatic carbocycles. The average Bonchev–Trinajstić information content (AvgIpc) is 1.25. The van der Waals surface area contributed by atoms with Crippen LogP contribution in [0.4, 0.5) is 13.2 Å². The molecular formula is CF3HoO3S-. The molecule has 0 saturated carbocycles. The van der Waals surface area contributed by atoms with Crippen molar-refractivity contribution >= 4 is 10.1 Å². The van der Waals surface area contributed by atoms with E-state index >= 15 is 0 Å². The van der Waals surface area contributed by atoms with E-state index in [4.69, 9.17) is 13.0 Å². The van der Waals surface area contributed by atoms with Crippen LogP contribution in [0.15, 0.2) is 0 Å². The number of hydrogen-bond acceptors (Lipinski definition) is 3. The second-order valence-electron chi connectivity index (χ2n) is 0.900. The Kier molecular flexibility index (Phi) is 4.74. The average molecular weight is 314 g/mol. The molecule has 61 valence electrons. The first-order chi connectivity index (χ1) is 3.25. The van der Waals surface area contributed by atoms with Gasteiger partial charge in [0.2, 0.25) is 0 Å². The van der Waals surface area contributed by atoms with Gasteiger partial charge in [-0.25, -0.2) is 8.42 Å². The van der Waals surface area contributed by atoms with E-state index in [0.717, 1.165) is 0 Å². The molecule has 0 atom stereocenters. The standard InChI is InChI=1S/CHF3O3S.Ho/c2-1(3,4)8(5,6)7;/h(H,5,6,7);/p-1. The molecular weight excluding hydrogens is 314 g/mol. The van der Waals surface area contributed by atoms with Crippen LogP contribution in [0.1, 0.15) is 0 Å². The van der Waals surface area contributed by atoms with Gasteiger partial charge in [0.05, 0.1) is 0 Å². The summed E-state index contributed by atoms with van der Waals surface area (Å²) in [4.78, 5) is 0. The van der Waals surface area contributed by atoms with Crippen LogP contribution in [-0.4, -0.2) is 18.5 Å². The predicted octanol–water partition coefficient (Wildman–Crippen LogP) is 0.0514. The molecule has 8 heteroatoms. The van der Waals surface area contributed by atoms with Gasteiger partial charge in [-0.1, -0.05) is 0 Å². The van der Waals surface area contributed by atoms with Crippen molar-refractivity contribution < 1.29 is 63.9 Å². The Labute approximate surface area is 79.0 Å². The third-order valence-corrected chi connectivity index (χ3v) is 0.850. The summed E-state index contributed by atoms with van der Waals surface area (Å²) >= 11 is 0. The van der Waals surface area contributed by atoms with Crippen LogP contribution in [0.2, 0.25) is 0 Å². The predicted molar refractivity (Wildman–Crippen MR) is 15.8 cm³/mol. The molecule has 0 aliphatic heterocycles. The molecule has 0 amide bonds. The summed E-state index contributed by atoms with van der Waals surface area (Å²) in [5.41, 5.74) is -5.65. The van der Waals surface area contributed by atoms with Crippen LogP contribution in [0, 0.1) is 37.7 Å². The van der Waals surface area contributed by atoms with Crippen LogP contribution in [0.5, 0.6) is 0 Å². The van der Waals surface area contributed by atoms with E-state index in [-0.39, 0.29) is 37.7 Å². The molecule has 3 nitrogen and oxygen atoms in total. The zero-order valence-electron chi connectivity index (χ0n) is 3.57. The summed E-state index contributed by atoms with van der Waals surface area (Å²) in [5, 5.41) is 0. The van der Waals surface area contributed by atoms with Crippen molar-refractivity contribution in [3.05, 3.63) is 0 Å². The van der Waals surface area contributed by atoms with E-state index in [0.29, 0.717) is 0 Å². The van der Waals surface area contributed by atoms with Crippen molar-refractivity contribution in [1.82, 2.24) is 0 Å². The van der Waals surface area contributed by atoms with Crippen molar-refractivity contribution in [2.24, 2.45) is 0 Å². The minimum absolute atomic E-state index is 0. The molecule has 0 aromatic carbocycles. The van der Waals surface area contributed by atoms with Gasteiger partial charge in [0.25, 0.3) is 0 Å². The minimum Gasteiger partial charge on any atom is -0.741 e. The maximum absolute atomic E-state index is 10.7. The van der Waals surface area contributed by atoms with Gasteiger partial charge in [-0.2, -0.15) is 13.2 Å². The monoisotopic (exact) mass is 314 g/mol. The van der Waals surface area contributed by atoms with E-state index in [9.17, 15) is 13.2 Å². The van der Waals surface area contributed by atoms with Gasteiger partial charge < -0.3 is 4.55 Å². The van der Waals surface area contributed by atoms with Crippen molar-refractivity contribution in [3.8, 4) is 0 Å². The molecule has 1 radical (unpaired) electrons. The Morgan fingerprint density at radius 1 is 1.22 bits per heavy atom. The van der Waals surface area contributed by atoms with Gasteiger partial charge in [-0.15, -0.1) is 0 Å². The molecule has 0 saturated heterocycles. The number of rotatable bonds is 0. The van der Waals surface area contributed by atoms with Gasteiger partial charge in [-0.05, 0) is 0 Å². The van der Waals surface area contributed by atoms with E-state index in [1.54, 1.807) is 0 Å². The molecule has 0 bridgehead atoms. The summed E-state index contributed by atoms with van der Waals surface area (Å²) in [6, 6.07) is 0. The van der Waals surface area contributed by atoms with Crippen molar-refractivity contribution in [1.29, 1.82) is 0 Å². The van der Waals surface area contributed by atoms with Crippen molar-refractivity contribution in [2.45, 2.75) is 5.51 Å². The van der Waals surface area contributed by atoms with E-state index < -0.39 is 15.6 Å². The van der Waals surface area contributed by atoms with Crippen molar-refractivity contribution in [2.75, 3.05) is 0 Å². The van der Waals surface area contributed by atoms with Gasteiger partial charge in [0.1, 0.15) is 0 Å². The molecule has 9 heavy (non-hydrogen) atoms. The van der Waals surface area contributed by atoms with Crippen LogP contribution in [0.25, 0.3) is 0 Å². The quantitative estimate of drug-likeness (QED) is 0.361. The first-order valence-electron chi connectivity index (χ1n) is 1.27. The molecule has 0 N–H and O–H groups in total. The van der Waals surface area contributed by atoms with Gasteiger partial charge >= 0.3 is 5.51 Å². The Bertz CT molecular complexity index is 168. The molecule has 0 aromatic rings. The number of hydrogen-bond donors (Lipinski definition) is 0. The molecule has 0 unspecified atom stereocenters. The third-order valence-electron chi connectivity index (χ3n) is 0.283. The summed E-state index contributed by atoms with van der Waals surface area (Å²) < 4.78 is 58.9. The fourth-order valence-corrected chi connectivity index (χ4v) is 0. The van der Waals surface area contributed by atoms with Gasteiger partial charge in [0, 0.05) is 37.7 Å². The zero-order valence-corrected chi connectivity index (χ0v) is 6.32. The second-order valence-corrected chi connectivity index (χ2v) is 2.27. The summed E-state index contributed by atoms with van der Waals surface area (Å²) in [7, 11) is -6.09. The fourth-order valence-electron chi connectivity index (χ4n) is 0. The maximum Gasteiger partial charge on any atom is 0.485 e. The van der Waals surface area contributed by atoms with E-state index in [1.807, 2.05) is 0 Å². The molecule has 0 aromatic heterocycles. The summed E-state index contributed by atoms with van der Waals surface area (Å²) in [6.45, 7) is 0. The minimum atomic E-state index is -6.09. The Morgan fingerprint density at radius 2 is 1.33 bits per heavy atom. The fraction of sp³-hybridized carbons (Fsp3) is 1.00. The zero-order chi connectivity index (χ0) is 7.00. The van der Waals surface area contributed by atoms with Crippen LogP contribution in [0.3, 0.4) is 0 Å². The third kappa shape index (κ3) is 4.38. The topological polar surface area (TPSA) is 57.2 Å². The Balaban J connectivity index is 0. The van der Waals surface area contributed by atoms with Gasteiger partial charge in [0.15, 0.2) is 10.1 Å². The van der Waals surface area contributed by atoms with Crippen LogP contribution >= 0.6 is 0 Å². The van der Waals surface area contributed by atoms with Gasteiger partial charge in [-0.3, -0.25) is 0 Å². The van der Waals surface area contributed by atoms with Crippen LogP contribution in [-0.2, 0) is 10.1 Å². The first kappa shape index (κ1) is 12.6. The maximum atomic E-state index is 10.7. The Hall–Kier alpha value is 0.960. The largest absolute Gasteiger partial charge is 0.741 e. The second kappa shape index (κ2) is 3.38. The smallest absolute Gasteiger partial charge is 0.485 e. The molecule has 0 aliphatic rings. The Morgan fingerprint density at radius 3 is 1.33 bits per heavy atom. The molecule has 0 heterocycles. The summed E-state index contributed by atoms with van der Waals surface area (Å²) in [5.74, 6) is 0. The molecule has 0 rings (SSSR count). The summed E-state index contributed by atoms with van der Waals surface area (Å²) in [6.07, 6.45) is 0. The van der Waals surface area contributed by atoms with E-state index in [2.05, 4.69) is 0 Å². The normalized spacial score (nSPS) is 12.4. The van der Waals surface area contributed by atoms with Crippen molar-refractivity contribution in [3.63, 3.8) is 0 Å². The molecule has 0 fully saturated rings. The first-order valence-corrected chi connectivity index (χ1v) is 2.68. The van der Waals surface area contributed by atoms with E-state index in [1.165, 1.54) is 0 Å². The molecule has 0 spiro atoms.